The highest BCUT2D eigenvalue weighted by Gasteiger charge is 2.37. The maximum atomic E-state index is 13.0. The quantitative estimate of drug-likeness (QED) is 0.664. The Kier molecular flexibility index (Phi) is 6.08. The highest BCUT2D eigenvalue weighted by molar-refractivity contribution is 5.96. The lowest BCUT2D eigenvalue weighted by atomic mass is 9.97. The van der Waals surface area contributed by atoms with Crippen LogP contribution in [0.5, 0.6) is 0 Å². The first kappa shape index (κ1) is 20.7. The van der Waals surface area contributed by atoms with E-state index in [4.69, 9.17) is 4.74 Å². The number of nitrogens with one attached hydrogen (secondary N) is 1. The highest BCUT2D eigenvalue weighted by atomic mass is 16.5. The zero-order valence-corrected chi connectivity index (χ0v) is 17.6. The van der Waals surface area contributed by atoms with Gasteiger partial charge in [-0.2, -0.15) is 5.10 Å². The predicted molar refractivity (Wildman–Crippen MR) is 115 cm³/mol. The Hall–Kier alpha value is -3.52. The average molecular weight is 419 g/mol. The third-order valence-corrected chi connectivity index (χ3v) is 5.31. The number of hydrogen-bond acceptors (Lipinski definition) is 5. The third kappa shape index (κ3) is 4.64. The number of anilines is 1. The van der Waals surface area contributed by atoms with Crippen LogP contribution in [0.1, 0.15) is 34.1 Å². The number of rotatable bonds is 6. The molecule has 8 nitrogen and oxygen atoms in total. The Morgan fingerprint density at radius 2 is 1.97 bits per heavy atom. The normalized spacial score (nSPS) is 18.0. The van der Waals surface area contributed by atoms with E-state index in [2.05, 4.69) is 15.4 Å². The summed E-state index contributed by atoms with van der Waals surface area (Å²) in [5.74, 6) is -0.357. The average Bonchev–Trinajstić information content (AvgIpc) is 3.43. The monoisotopic (exact) mass is 419 g/mol. The van der Waals surface area contributed by atoms with Gasteiger partial charge in [-0.3, -0.25) is 14.3 Å². The summed E-state index contributed by atoms with van der Waals surface area (Å²) in [5, 5.41) is 7.28. The van der Waals surface area contributed by atoms with E-state index in [9.17, 15) is 9.59 Å². The summed E-state index contributed by atoms with van der Waals surface area (Å²) in [6.45, 7) is 1.10. The molecular formula is C23H25N5O3. The molecule has 1 fully saturated rings. The second-order valence-corrected chi connectivity index (χ2v) is 7.70. The summed E-state index contributed by atoms with van der Waals surface area (Å²) in [6.07, 6.45) is 3.46. The molecule has 3 heterocycles. The molecule has 1 aliphatic heterocycles. The van der Waals surface area contributed by atoms with Gasteiger partial charge in [0.2, 0.25) is 5.91 Å². The lowest BCUT2D eigenvalue weighted by Crippen LogP contribution is -2.27. The van der Waals surface area contributed by atoms with E-state index in [1.807, 2.05) is 41.1 Å². The number of carbonyl (C=O) groups is 2. The van der Waals surface area contributed by atoms with Crippen LogP contribution >= 0.6 is 0 Å². The standard InChI is InChI=1S/C23H25N5O3/c1-27(2)23(30)17-8-11-24-20(14-17)26-22(29)18-10-13-31-21(18)19-9-12-25-28(19)15-16-6-4-3-5-7-16/h3-9,11-12,14,18,21H,10,13,15H2,1-2H3,(H,24,26,29)/t18-,21-/m0/s1. The van der Waals surface area contributed by atoms with E-state index in [-0.39, 0.29) is 17.7 Å². The molecule has 0 unspecified atom stereocenters. The Morgan fingerprint density at radius 3 is 2.74 bits per heavy atom. The van der Waals surface area contributed by atoms with E-state index in [1.54, 1.807) is 32.4 Å². The van der Waals surface area contributed by atoms with Crippen molar-refractivity contribution in [3.05, 3.63) is 77.7 Å². The van der Waals surface area contributed by atoms with Crippen LogP contribution in [0.3, 0.4) is 0 Å². The van der Waals surface area contributed by atoms with Crippen LogP contribution < -0.4 is 5.32 Å². The number of amides is 2. The third-order valence-electron chi connectivity index (χ3n) is 5.31. The number of ether oxygens (including phenoxy) is 1. The highest BCUT2D eigenvalue weighted by Crippen LogP contribution is 2.35. The maximum absolute atomic E-state index is 13.0. The molecule has 2 aromatic heterocycles. The first-order valence-corrected chi connectivity index (χ1v) is 10.2. The number of hydrogen-bond donors (Lipinski definition) is 1. The smallest absolute Gasteiger partial charge is 0.253 e. The molecule has 1 aliphatic rings. The van der Waals surface area contributed by atoms with Gasteiger partial charge in [0.25, 0.3) is 5.91 Å². The predicted octanol–water partition coefficient (Wildman–Crippen LogP) is 2.74. The van der Waals surface area contributed by atoms with E-state index >= 15 is 0 Å². The summed E-state index contributed by atoms with van der Waals surface area (Å²) in [5.41, 5.74) is 2.46. The molecule has 2 atom stereocenters. The van der Waals surface area contributed by atoms with Gasteiger partial charge < -0.3 is 15.0 Å². The minimum Gasteiger partial charge on any atom is -0.371 e. The molecule has 31 heavy (non-hydrogen) atoms. The van der Waals surface area contributed by atoms with Crippen LogP contribution in [0.25, 0.3) is 0 Å². The van der Waals surface area contributed by atoms with E-state index in [0.717, 1.165) is 11.3 Å². The van der Waals surface area contributed by atoms with Crippen molar-refractivity contribution in [1.29, 1.82) is 0 Å². The molecule has 0 aliphatic carbocycles. The lowest BCUT2D eigenvalue weighted by molar-refractivity contribution is -0.121. The van der Waals surface area contributed by atoms with Gasteiger partial charge in [0.05, 0.1) is 18.2 Å². The van der Waals surface area contributed by atoms with Crippen molar-refractivity contribution in [3.8, 4) is 0 Å². The molecule has 1 aromatic carbocycles. The van der Waals surface area contributed by atoms with Crippen LogP contribution in [0.2, 0.25) is 0 Å². The fourth-order valence-electron chi connectivity index (χ4n) is 3.73. The maximum Gasteiger partial charge on any atom is 0.253 e. The van der Waals surface area contributed by atoms with Crippen molar-refractivity contribution >= 4 is 17.6 Å². The van der Waals surface area contributed by atoms with Crippen LogP contribution in [0.4, 0.5) is 5.82 Å². The Morgan fingerprint density at radius 1 is 1.16 bits per heavy atom. The summed E-state index contributed by atoms with van der Waals surface area (Å²) in [7, 11) is 3.36. The molecule has 0 radical (unpaired) electrons. The number of nitrogens with zero attached hydrogens (tertiary/aromatic N) is 4. The molecule has 160 valence electrons. The van der Waals surface area contributed by atoms with Gasteiger partial charge in [0.15, 0.2) is 0 Å². The molecule has 0 bridgehead atoms. The van der Waals surface area contributed by atoms with Gasteiger partial charge in [-0.1, -0.05) is 30.3 Å². The number of pyridine rings is 1. The van der Waals surface area contributed by atoms with Crippen LogP contribution in [0, 0.1) is 5.92 Å². The van der Waals surface area contributed by atoms with Gasteiger partial charge in [-0.15, -0.1) is 0 Å². The molecular weight excluding hydrogens is 394 g/mol. The van der Waals surface area contributed by atoms with Gasteiger partial charge >= 0.3 is 0 Å². The first-order chi connectivity index (χ1) is 15.0. The SMILES string of the molecule is CN(C)C(=O)c1ccnc(NC(=O)[C@H]2CCO[C@@H]2c2ccnn2Cc2ccccc2)c1. The molecule has 8 heteroatoms. The summed E-state index contributed by atoms with van der Waals surface area (Å²) < 4.78 is 7.81. The van der Waals surface area contributed by atoms with Gasteiger partial charge in [-0.25, -0.2) is 4.98 Å². The van der Waals surface area contributed by atoms with Gasteiger partial charge in [0.1, 0.15) is 11.9 Å². The van der Waals surface area contributed by atoms with Crippen molar-refractivity contribution in [1.82, 2.24) is 19.7 Å². The van der Waals surface area contributed by atoms with Gasteiger partial charge in [-0.05, 0) is 30.2 Å². The van der Waals surface area contributed by atoms with Crippen molar-refractivity contribution in [2.75, 3.05) is 26.0 Å². The summed E-state index contributed by atoms with van der Waals surface area (Å²) in [4.78, 5) is 30.9. The van der Waals surface area contributed by atoms with E-state index in [0.29, 0.717) is 31.0 Å². The van der Waals surface area contributed by atoms with E-state index < -0.39 is 6.10 Å². The summed E-state index contributed by atoms with van der Waals surface area (Å²) in [6, 6.07) is 15.1. The minimum atomic E-state index is -0.391. The van der Waals surface area contributed by atoms with E-state index in [1.165, 1.54) is 11.1 Å². The molecule has 0 saturated carbocycles. The first-order valence-electron chi connectivity index (χ1n) is 10.2. The second kappa shape index (κ2) is 9.09. The molecule has 1 N–H and O–H groups in total. The molecule has 1 saturated heterocycles. The zero-order chi connectivity index (χ0) is 21.8. The Balaban J connectivity index is 1.50. The topological polar surface area (TPSA) is 89.3 Å². The summed E-state index contributed by atoms with van der Waals surface area (Å²) >= 11 is 0. The molecule has 4 rings (SSSR count). The van der Waals surface area contributed by atoms with Crippen LogP contribution in [-0.2, 0) is 16.1 Å². The van der Waals surface area contributed by atoms with Crippen molar-refractivity contribution in [2.45, 2.75) is 19.1 Å². The Bertz CT molecular complexity index is 1060. The fourth-order valence-corrected chi connectivity index (χ4v) is 3.73. The van der Waals surface area contributed by atoms with Crippen molar-refractivity contribution < 1.29 is 14.3 Å². The number of carbonyl (C=O) groups excluding carboxylic acids is 2. The van der Waals surface area contributed by atoms with Gasteiger partial charge in [0, 0.05) is 38.7 Å². The molecule has 0 spiro atoms. The fraction of sp³-hybridized carbons (Fsp3) is 0.304. The van der Waals surface area contributed by atoms with Crippen LogP contribution in [0.15, 0.2) is 60.9 Å². The number of benzene rings is 1. The largest absolute Gasteiger partial charge is 0.371 e. The van der Waals surface area contributed by atoms with Crippen LogP contribution in [-0.4, -0.2) is 52.2 Å². The second-order valence-electron chi connectivity index (χ2n) is 7.70. The molecule has 3 aromatic rings. The van der Waals surface area contributed by atoms with Crippen molar-refractivity contribution in [2.24, 2.45) is 5.92 Å². The Labute approximate surface area is 180 Å². The number of aromatic nitrogens is 3. The zero-order valence-electron chi connectivity index (χ0n) is 17.6. The minimum absolute atomic E-state index is 0.148. The van der Waals surface area contributed by atoms with Crippen molar-refractivity contribution in [3.63, 3.8) is 0 Å². The molecule has 2 amide bonds. The lowest BCUT2D eigenvalue weighted by Gasteiger charge is -2.19.